The zero-order valence-electron chi connectivity index (χ0n) is 15.7. The Kier molecular flexibility index (Phi) is 6.37. The number of carbonyl (C=O) groups is 2. The first-order chi connectivity index (χ1) is 13.4. The minimum atomic E-state index is -0.349. The van der Waals surface area contributed by atoms with Crippen LogP contribution in [0.25, 0.3) is 0 Å². The summed E-state index contributed by atoms with van der Waals surface area (Å²) in [5.41, 5.74) is 2.32. The topological polar surface area (TPSA) is 53.0 Å². The summed E-state index contributed by atoms with van der Waals surface area (Å²) in [6.07, 6.45) is 0.830. The number of carbonyl (C=O) groups excluding carboxylic acids is 2. The van der Waals surface area contributed by atoms with Gasteiger partial charge in [-0.2, -0.15) is 5.10 Å². The van der Waals surface area contributed by atoms with E-state index in [0.717, 1.165) is 11.1 Å². The Hall–Kier alpha value is -2.37. The molecule has 0 fully saturated rings. The number of hydrazone groups is 1. The normalized spacial score (nSPS) is 16.1. The van der Waals surface area contributed by atoms with E-state index >= 15 is 0 Å². The lowest BCUT2D eigenvalue weighted by Crippen LogP contribution is -2.39. The van der Waals surface area contributed by atoms with Crippen molar-refractivity contribution in [1.29, 1.82) is 0 Å². The number of likely N-dealkylation sites (N-methyl/N-ethyl adjacent to an activating group) is 1. The maximum absolute atomic E-state index is 13.0. The zero-order valence-corrected chi connectivity index (χ0v) is 17.2. The van der Waals surface area contributed by atoms with Gasteiger partial charge in [-0.1, -0.05) is 66.5 Å². The Balaban J connectivity index is 1.95. The van der Waals surface area contributed by atoms with Crippen molar-refractivity contribution in [2.24, 2.45) is 5.10 Å². The molecule has 1 atom stereocenters. The van der Waals surface area contributed by atoms with Gasteiger partial charge in [0, 0.05) is 35.5 Å². The summed E-state index contributed by atoms with van der Waals surface area (Å²) in [7, 11) is 1.61. The Bertz CT molecular complexity index is 929. The third kappa shape index (κ3) is 4.21. The number of hydrogen-bond acceptors (Lipinski definition) is 3. The van der Waals surface area contributed by atoms with Gasteiger partial charge in [0.1, 0.15) is 6.54 Å². The van der Waals surface area contributed by atoms with Gasteiger partial charge in [0.15, 0.2) is 0 Å². The first-order valence-electron chi connectivity index (χ1n) is 9.05. The first-order valence-corrected chi connectivity index (χ1v) is 9.80. The molecule has 0 saturated heterocycles. The highest BCUT2D eigenvalue weighted by molar-refractivity contribution is 6.34. The molecule has 5 nitrogen and oxygen atoms in total. The van der Waals surface area contributed by atoms with Gasteiger partial charge in [-0.05, 0) is 17.7 Å². The summed E-state index contributed by atoms with van der Waals surface area (Å²) < 4.78 is 0. The summed E-state index contributed by atoms with van der Waals surface area (Å²) in [5.74, 6) is -0.367. The summed E-state index contributed by atoms with van der Waals surface area (Å²) in [6, 6.07) is 14.5. The van der Waals surface area contributed by atoms with E-state index in [0.29, 0.717) is 28.6 Å². The van der Waals surface area contributed by atoms with Crippen LogP contribution in [0.15, 0.2) is 53.6 Å². The molecule has 0 aromatic heterocycles. The van der Waals surface area contributed by atoms with Gasteiger partial charge in [-0.25, -0.2) is 5.01 Å². The highest BCUT2D eigenvalue weighted by Gasteiger charge is 2.35. The van der Waals surface area contributed by atoms with Crippen LogP contribution < -0.4 is 0 Å². The minimum Gasteiger partial charge on any atom is -0.336 e. The van der Waals surface area contributed by atoms with Gasteiger partial charge in [0.25, 0.3) is 5.91 Å². The van der Waals surface area contributed by atoms with Crippen molar-refractivity contribution < 1.29 is 9.59 Å². The zero-order chi connectivity index (χ0) is 20.3. The van der Waals surface area contributed by atoms with E-state index in [2.05, 4.69) is 5.10 Å². The Morgan fingerprint density at radius 3 is 2.39 bits per heavy atom. The molecule has 0 radical (unpaired) electrons. The van der Waals surface area contributed by atoms with E-state index < -0.39 is 0 Å². The Morgan fingerprint density at radius 2 is 1.75 bits per heavy atom. The molecular weight excluding hydrogens is 397 g/mol. The summed E-state index contributed by atoms with van der Waals surface area (Å²) in [5, 5.41) is 7.15. The Morgan fingerprint density at radius 1 is 1.11 bits per heavy atom. The van der Waals surface area contributed by atoms with Gasteiger partial charge < -0.3 is 4.90 Å². The van der Waals surface area contributed by atoms with Crippen LogP contribution in [0.5, 0.6) is 0 Å². The molecule has 0 N–H and O–H groups in total. The van der Waals surface area contributed by atoms with Crippen LogP contribution in [-0.4, -0.2) is 41.0 Å². The lowest BCUT2D eigenvalue weighted by Gasteiger charge is -2.25. The fourth-order valence-electron chi connectivity index (χ4n) is 3.22. The lowest BCUT2D eigenvalue weighted by atomic mass is 9.98. The van der Waals surface area contributed by atoms with Gasteiger partial charge in [-0.3, -0.25) is 9.59 Å². The van der Waals surface area contributed by atoms with Gasteiger partial charge in [-0.15, -0.1) is 0 Å². The number of nitrogens with zero attached hydrogens (tertiary/aromatic N) is 3. The average molecular weight is 418 g/mol. The van der Waals surface area contributed by atoms with Crippen LogP contribution in [0.4, 0.5) is 0 Å². The molecule has 7 heteroatoms. The van der Waals surface area contributed by atoms with Crippen LogP contribution in [0.1, 0.15) is 36.9 Å². The van der Waals surface area contributed by atoms with Crippen LogP contribution >= 0.6 is 23.2 Å². The minimum absolute atomic E-state index is 0.0487. The smallest absolute Gasteiger partial charge is 0.262 e. The van der Waals surface area contributed by atoms with Gasteiger partial charge in [0.05, 0.1) is 11.8 Å². The number of amides is 2. The maximum Gasteiger partial charge on any atom is 0.262 e. The monoisotopic (exact) mass is 417 g/mol. The third-order valence-electron chi connectivity index (χ3n) is 4.72. The molecule has 0 saturated carbocycles. The summed E-state index contributed by atoms with van der Waals surface area (Å²) >= 11 is 12.7. The third-order valence-corrected chi connectivity index (χ3v) is 5.39. The molecule has 28 heavy (non-hydrogen) atoms. The molecule has 1 aliphatic heterocycles. The highest BCUT2D eigenvalue weighted by Crippen LogP contribution is 2.37. The van der Waals surface area contributed by atoms with E-state index in [9.17, 15) is 9.59 Å². The van der Waals surface area contributed by atoms with E-state index in [4.69, 9.17) is 23.2 Å². The lowest BCUT2D eigenvalue weighted by molar-refractivity contribution is -0.140. The van der Waals surface area contributed by atoms with Crippen LogP contribution in [-0.2, 0) is 9.59 Å². The molecule has 2 amide bonds. The molecular formula is C21H21Cl2N3O2. The quantitative estimate of drug-likeness (QED) is 0.716. The molecule has 3 rings (SSSR count). The maximum atomic E-state index is 13.0. The van der Waals surface area contributed by atoms with Gasteiger partial charge in [0.2, 0.25) is 5.91 Å². The molecule has 0 bridgehead atoms. The van der Waals surface area contributed by atoms with E-state index in [1.807, 2.05) is 36.4 Å². The molecule has 0 spiro atoms. The standard InChI is InChI=1S/C21H21Cl2N3O2/c1-3-20(27)25(2)13-21(28)26-19(15-9-5-7-11-17(15)23)12-18(24-26)14-8-4-6-10-16(14)22/h4-11,19H,3,12-13H2,1-2H3. The predicted octanol–water partition coefficient (Wildman–Crippen LogP) is 4.54. The molecule has 146 valence electrons. The second-order valence-corrected chi connectivity index (χ2v) is 7.42. The largest absolute Gasteiger partial charge is 0.336 e. The van der Waals surface area contributed by atoms with Crippen molar-refractivity contribution in [3.63, 3.8) is 0 Å². The molecule has 0 aliphatic carbocycles. The van der Waals surface area contributed by atoms with Crippen LogP contribution in [0.2, 0.25) is 10.0 Å². The van der Waals surface area contributed by atoms with Crippen LogP contribution in [0, 0.1) is 0 Å². The van der Waals surface area contributed by atoms with Crippen molar-refractivity contribution in [1.82, 2.24) is 9.91 Å². The van der Waals surface area contributed by atoms with Crippen molar-refractivity contribution in [3.05, 3.63) is 69.7 Å². The number of rotatable bonds is 5. The number of halogens is 2. The van der Waals surface area contributed by atoms with E-state index in [-0.39, 0.29) is 24.4 Å². The van der Waals surface area contributed by atoms with Crippen molar-refractivity contribution >= 4 is 40.7 Å². The van der Waals surface area contributed by atoms with E-state index in [1.165, 1.54) is 9.91 Å². The SMILES string of the molecule is CCC(=O)N(C)CC(=O)N1N=C(c2ccccc2Cl)CC1c1ccccc1Cl. The molecule has 2 aromatic carbocycles. The molecule has 2 aromatic rings. The van der Waals surface area contributed by atoms with Crippen molar-refractivity contribution in [2.75, 3.05) is 13.6 Å². The molecule has 1 heterocycles. The van der Waals surface area contributed by atoms with E-state index in [1.54, 1.807) is 26.1 Å². The van der Waals surface area contributed by atoms with Crippen molar-refractivity contribution in [3.8, 4) is 0 Å². The first kappa shape index (κ1) is 20.4. The highest BCUT2D eigenvalue weighted by atomic mass is 35.5. The summed E-state index contributed by atoms with van der Waals surface area (Å²) in [4.78, 5) is 26.3. The number of benzene rings is 2. The Labute approximate surface area is 174 Å². The molecule has 1 aliphatic rings. The van der Waals surface area contributed by atoms with Crippen molar-refractivity contribution in [2.45, 2.75) is 25.8 Å². The fraction of sp³-hybridized carbons (Fsp3) is 0.286. The summed E-state index contributed by atoms with van der Waals surface area (Å²) in [6.45, 7) is 1.71. The van der Waals surface area contributed by atoms with Crippen LogP contribution in [0.3, 0.4) is 0 Å². The average Bonchev–Trinajstić information content (AvgIpc) is 3.13. The van der Waals surface area contributed by atoms with Gasteiger partial charge >= 0.3 is 0 Å². The fourth-order valence-corrected chi connectivity index (χ4v) is 3.73. The molecule has 1 unspecified atom stereocenters. The number of hydrogen-bond donors (Lipinski definition) is 0. The second-order valence-electron chi connectivity index (χ2n) is 6.61. The second kappa shape index (κ2) is 8.76. The predicted molar refractivity (Wildman–Crippen MR) is 112 cm³/mol.